The van der Waals surface area contributed by atoms with Crippen LogP contribution in [0.5, 0.6) is 5.88 Å². The molecule has 4 heterocycles. The second-order valence-corrected chi connectivity index (χ2v) is 13.0. The van der Waals surface area contributed by atoms with E-state index in [-0.39, 0.29) is 41.1 Å². The van der Waals surface area contributed by atoms with Crippen molar-refractivity contribution in [1.29, 1.82) is 0 Å². The Bertz CT molecular complexity index is 1840. The molecule has 260 valence electrons. The van der Waals surface area contributed by atoms with Crippen LogP contribution >= 0.6 is 0 Å². The number of piperidine rings is 1. The van der Waals surface area contributed by atoms with Crippen molar-refractivity contribution in [3.05, 3.63) is 77.1 Å². The van der Waals surface area contributed by atoms with E-state index in [9.17, 15) is 28.2 Å². The van der Waals surface area contributed by atoms with Crippen LogP contribution in [0.3, 0.4) is 0 Å². The molecule has 1 spiro atoms. The maximum absolute atomic E-state index is 14.9. The highest BCUT2D eigenvalue weighted by Crippen LogP contribution is 2.46. The zero-order valence-electron chi connectivity index (χ0n) is 27.5. The summed E-state index contributed by atoms with van der Waals surface area (Å²) >= 11 is 0. The molecule has 6 rings (SSSR count). The molecule has 0 saturated carbocycles. The number of anilines is 2. The highest BCUT2D eigenvalue weighted by molar-refractivity contribution is 5.74. The molecule has 2 aromatic heterocycles. The molecule has 14 heteroatoms. The average Bonchev–Trinajstić information content (AvgIpc) is 3.66. The fourth-order valence-corrected chi connectivity index (χ4v) is 7.26. The topological polar surface area (TPSA) is 152 Å². The molecular weight excluding hydrogens is 639 g/mol. The molecule has 0 amide bonds. The second-order valence-electron chi connectivity index (χ2n) is 13.0. The van der Waals surface area contributed by atoms with Gasteiger partial charge in [0.1, 0.15) is 11.9 Å². The summed E-state index contributed by atoms with van der Waals surface area (Å²) in [5.41, 5.74) is 9.41. The Balaban J connectivity index is 1.31. The predicted octanol–water partition coefficient (Wildman–Crippen LogP) is 5.51. The molecule has 2 aromatic carbocycles. The molecule has 0 radical (unpaired) electrons. The molecule has 0 bridgehead atoms. The fraction of sp³-hybridized carbons (Fsp3) is 0.429. The van der Waals surface area contributed by atoms with Crippen LogP contribution in [0.1, 0.15) is 61.1 Å². The van der Waals surface area contributed by atoms with Crippen molar-refractivity contribution in [2.24, 2.45) is 5.41 Å². The number of nitrogens with two attached hydrogens (primary N) is 1. The van der Waals surface area contributed by atoms with Crippen molar-refractivity contribution in [2.45, 2.75) is 77.4 Å². The lowest BCUT2D eigenvalue weighted by atomic mass is 9.71. The third kappa shape index (κ3) is 6.92. The molecule has 2 aliphatic heterocycles. The van der Waals surface area contributed by atoms with Gasteiger partial charge in [0.25, 0.3) is 0 Å². The number of halogens is 3. The van der Waals surface area contributed by atoms with E-state index < -0.39 is 24.3 Å². The summed E-state index contributed by atoms with van der Waals surface area (Å²) in [6, 6.07) is 12.6. The van der Waals surface area contributed by atoms with Gasteiger partial charge < -0.3 is 30.9 Å². The van der Waals surface area contributed by atoms with Gasteiger partial charge >= 0.3 is 12.1 Å². The summed E-state index contributed by atoms with van der Waals surface area (Å²) in [5.74, 6) is -1.09. The van der Waals surface area contributed by atoms with Crippen LogP contribution in [0.25, 0.3) is 16.8 Å². The number of benzene rings is 2. The van der Waals surface area contributed by atoms with Crippen molar-refractivity contribution < 1.29 is 32.9 Å². The number of nitrogens with one attached hydrogen (secondary N) is 1. The Morgan fingerprint density at radius 3 is 2.45 bits per heavy atom. The minimum atomic E-state index is -4.85. The van der Waals surface area contributed by atoms with Crippen LogP contribution in [0.4, 0.5) is 24.9 Å². The highest BCUT2D eigenvalue weighted by atomic mass is 19.4. The summed E-state index contributed by atoms with van der Waals surface area (Å²) in [5, 5.41) is 27.1. The Hall–Kier alpha value is -4.69. The van der Waals surface area contributed by atoms with Crippen LogP contribution < -0.4 is 20.7 Å². The maximum Gasteiger partial charge on any atom is 0.429 e. The summed E-state index contributed by atoms with van der Waals surface area (Å²) in [4.78, 5) is 22.0. The number of carbonyl (C=O) groups is 1. The predicted molar refractivity (Wildman–Crippen MR) is 177 cm³/mol. The maximum atomic E-state index is 14.9. The van der Waals surface area contributed by atoms with E-state index in [0.29, 0.717) is 55.0 Å². The van der Waals surface area contributed by atoms with Crippen molar-refractivity contribution in [3.8, 4) is 22.7 Å². The molecule has 11 nitrogen and oxygen atoms in total. The number of alkyl halides is 3. The smallest absolute Gasteiger partial charge is 0.429 e. The van der Waals surface area contributed by atoms with E-state index in [1.165, 1.54) is 16.8 Å². The van der Waals surface area contributed by atoms with Gasteiger partial charge in [-0.05, 0) is 85.4 Å². The summed E-state index contributed by atoms with van der Waals surface area (Å²) in [7, 11) is 0. The Kier molecular flexibility index (Phi) is 9.29. The van der Waals surface area contributed by atoms with Gasteiger partial charge in [0.05, 0.1) is 18.0 Å². The van der Waals surface area contributed by atoms with E-state index in [2.05, 4.69) is 20.4 Å². The van der Waals surface area contributed by atoms with Gasteiger partial charge in [-0.25, -0.2) is 4.68 Å². The Morgan fingerprint density at radius 2 is 1.82 bits per heavy atom. The zero-order valence-corrected chi connectivity index (χ0v) is 27.5. The molecule has 4 aromatic rings. The van der Waals surface area contributed by atoms with Gasteiger partial charge in [0, 0.05) is 37.0 Å². The molecule has 49 heavy (non-hydrogen) atoms. The van der Waals surface area contributed by atoms with Gasteiger partial charge in [-0.1, -0.05) is 31.2 Å². The van der Waals surface area contributed by atoms with Crippen LogP contribution in [-0.4, -0.2) is 67.3 Å². The lowest BCUT2D eigenvalue weighted by molar-refractivity contribution is -0.198. The van der Waals surface area contributed by atoms with Crippen LogP contribution in [0.2, 0.25) is 0 Å². The van der Waals surface area contributed by atoms with Crippen LogP contribution in [-0.2, 0) is 11.4 Å². The first kappa shape index (κ1) is 34.2. The molecule has 2 saturated heterocycles. The highest BCUT2D eigenvalue weighted by Gasteiger charge is 2.50. The van der Waals surface area contributed by atoms with E-state index in [1.807, 2.05) is 36.9 Å². The molecule has 2 unspecified atom stereocenters. The first-order valence-electron chi connectivity index (χ1n) is 16.3. The number of nitrogens with zero attached hydrogens (tertiary/aromatic N) is 5. The van der Waals surface area contributed by atoms with Gasteiger partial charge in [-0.15, -0.1) is 0 Å². The number of carboxylic acids is 1. The Morgan fingerprint density at radius 1 is 1.10 bits per heavy atom. The lowest BCUT2D eigenvalue weighted by Crippen LogP contribution is -2.46. The number of rotatable bonds is 9. The average molecular weight is 680 g/mol. The number of aryl methyl sites for hydroxylation is 2. The quantitative estimate of drug-likeness (QED) is 0.178. The van der Waals surface area contributed by atoms with Gasteiger partial charge in [-0.2, -0.15) is 28.2 Å². The van der Waals surface area contributed by atoms with Crippen molar-refractivity contribution in [3.63, 3.8) is 0 Å². The van der Waals surface area contributed by atoms with Crippen LogP contribution in [0, 0.1) is 19.3 Å². The van der Waals surface area contributed by atoms with Gasteiger partial charge in [-0.3, -0.25) is 4.79 Å². The second kappa shape index (κ2) is 13.3. The Labute approximate surface area is 281 Å². The molecular formula is C35H40F3N7O4. The monoisotopic (exact) mass is 679 g/mol. The minimum absolute atomic E-state index is 0.0551. The number of aliphatic carboxylic acids is 1. The summed E-state index contributed by atoms with van der Waals surface area (Å²) < 4.78 is 51.8. The number of aromatic nitrogens is 4. The molecule has 5 N–H and O–H groups in total. The summed E-state index contributed by atoms with van der Waals surface area (Å²) in [6.45, 7) is 6.52. The number of aliphatic hydroxyl groups excluding tert-OH is 1. The first-order valence-corrected chi connectivity index (χ1v) is 16.3. The largest absolute Gasteiger partial charge is 0.480 e. The SMILES string of the molecule is CCC1NC(C(=O)O)CC12CCN(c1cc(O[C@H](c3ccc(-c4ccc(C)c(CO)c4)cc3-n3ccc(C)n3)C(F)(F)F)nc(N)n1)CC2. The number of ether oxygens (including phenoxy) is 1. The van der Waals surface area contributed by atoms with Crippen LogP contribution in [0.15, 0.2) is 54.7 Å². The van der Waals surface area contributed by atoms with E-state index in [4.69, 9.17) is 10.5 Å². The van der Waals surface area contributed by atoms with E-state index >= 15 is 0 Å². The van der Waals surface area contributed by atoms with Crippen molar-refractivity contribution in [2.75, 3.05) is 23.7 Å². The zero-order chi connectivity index (χ0) is 35.1. The molecule has 2 fully saturated rings. The standard InChI is InChI=1S/C35H40F3N7O4/c1-4-28-34(18-26(40-28)32(47)48)10-13-44(14-11-34)29-17-30(42-33(39)41-29)49-31(35(36,37)38)25-8-7-23(16-27(25)45-12-9-21(3)43-45)22-6-5-20(2)24(15-22)19-46/h5-9,12,15-17,26,28,31,40,46H,4,10-11,13-14,18-19H2,1-3H3,(H,47,48)(H2,39,41,42)/t26?,28?,31-/m1/s1. The number of carboxylic acid groups (broad SMARTS) is 1. The lowest BCUT2D eigenvalue weighted by Gasteiger charge is -2.43. The molecule has 0 aliphatic carbocycles. The van der Waals surface area contributed by atoms with E-state index in [1.54, 1.807) is 31.3 Å². The van der Waals surface area contributed by atoms with Gasteiger partial charge in [0.2, 0.25) is 17.9 Å². The number of aliphatic hydroxyl groups is 1. The number of nitrogen functional groups attached to an aromatic ring is 1. The summed E-state index contributed by atoms with van der Waals surface area (Å²) in [6.07, 6.45) is -3.01. The van der Waals surface area contributed by atoms with Gasteiger partial charge in [0.15, 0.2) is 0 Å². The molecule has 3 atom stereocenters. The molecule has 2 aliphatic rings. The third-order valence-corrected chi connectivity index (χ3v) is 9.92. The normalized spacial score (nSPS) is 19.7. The van der Waals surface area contributed by atoms with Crippen molar-refractivity contribution in [1.82, 2.24) is 25.1 Å². The fourth-order valence-electron chi connectivity index (χ4n) is 7.26. The minimum Gasteiger partial charge on any atom is -0.480 e. The van der Waals surface area contributed by atoms with E-state index in [0.717, 1.165) is 17.5 Å². The first-order chi connectivity index (χ1) is 23.3. The number of hydrogen-bond donors (Lipinski definition) is 4. The number of hydrogen-bond acceptors (Lipinski definition) is 9. The van der Waals surface area contributed by atoms with Crippen molar-refractivity contribution >= 4 is 17.7 Å². The third-order valence-electron chi connectivity index (χ3n) is 9.92.